The minimum atomic E-state index is -3.61. The fraction of sp³-hybridized carbons (Fsp3) is 0.409. The molecule has 1 aliphatic heterocycles. The van der Waals surface area contributed by atoms with Gasteiger partial charge in [-0.15, -0.1) is 0 Å². The van der Waals surface area contributed by atoms with Crippen LogP contribution < -0.4 is 9.62 Å². The molecule has 0 spiro atoms. The van der Waals surface area contributed by atoms with Crippen LogP contribution in [0.15, 0.2) is 59.5 Å². The maximum atomic E-state index is 12.7. The van der Waals surface area contributed by atoms with Gasteiger partial charge in [-0.3, -0.25) is 4.79 Å². The third kappa shape index (κ3) is 5.88. The Balaban J connectivity index is 1.55. The number of hydrogen-bond donors (Lipinski definition) is 2. The highest BCUT2D eigenvalue weighted by atomic mass is 32.2. The highest BCUT2D eigenvalue weighted by Gasteiger charge is 2.21. The molecule has 1 saturated heterocycles. The summed E-state index contributed by atoms with van der Waals surface area (Å²) in [6.07, 6.45) is 1.07. The monoisotopic (exact) mass is 416 g/mol. The lowest BCUT2D eigenvalue weighted by atomic mass is 10.1. The van der Waals surface area contributed by atoms with Crippen molar-refractivity contribution in [1.82, 2.24) is 9.62 Å². The van der Waals surface area contributed by atoms with Crippen LogP contribution in [-0.2, 0) is 21.2 Å². The summed E-state index contributed by atoms with van der Waals surface area (Å²) in [6, 6.07) is 16.0. The zero-order chi connectivity index (χ0) is 20.9. The third-order valence-electron chi connectivity index (χ3n) is 5.46. The molecule has 7 heteroatoms. The highest BCUT2D eigenvalue weighted by Crippen LogP contribution is 2.18. The van der Waals surface area contributed by atoms with Gasteiger partial charge in [-0.1, -0.05) is 42.5 Å². The summed E-state index contributed by atoms with van der Waals surface area (Å²) in [5, 5.41) is 0. The largest absolute Gasteiger partial charge is 0.334 e. The van der Waals surface area contributed by atoms with Gasteiger partial charge in [-0.05, 0) is 36.6 Å². The Morgan fingerprint density at radius 3 is 2.31 bits per heavy atom. The van der Waals surface area contributed by atoms with E-state index in [0.29, 0.717) is 12.8 Å². The molecule has 1 heterocycles. The number of rotatable bonds is 7. The number of quaternary nitrogens is 1. The zero-order valence-corrected chi connectivity index (χ0v) is 17.9. The van der Waals surface area contributed by atoms with Crippen molar-refractivity contribution in [3.63, 3.8) is 0 Å². The van der Waals surface area contributed by atoms with E-state index in [1.54, 1.807) is 24.3 Å². The van der Waals surface area contributed by atoms with E-state index in [1.807, 2.05) is 42.2 Å². The Bertz CT molecular complexity index is 906. The first-order chi connectivity index (χ1) is 13.8. The van der Waals surface area contributed by atoms with Crippen LogP contribution in [0.2, 0.25) is 0 Å². The molecule has 0 bridgehead atoms. The summed E-state index contributed by atoms with van der Waals surface area (Å²) in [5.74, 6) is 0.174. The molecular formula is C22H30N3O3S+. The molecule has 2 N–H and O–H groups in total. The van der Waals surface area contributed by atoms with E-state index in [2.05, 4.69) is 11.8 Å². The molecule has 3 rings (SSSR count). The number of hydrogen-bond acceptors (Lipinski definition) is 3. The van der Waals surface area contributed by atoms with Crippen LogP contribution in [0.25, 0.3) is 0 Å². The number of sulfonamides is 1. The van der Waals surface area contributed by atoms with Crippen molar-refractivity contribution in [3.8, 4) is 0 Å². The van der Waals surface area contributed by atoms with Crippen molar-refractivity contribution in [2.24, 2.45) is 0 Å². The van der Waals surface area contributed by atoms with Crippen molar-refractivity contribution in [2.75, 3.05) is 33.2 Å². The van der Waals surface area contributed by atoms with Crippen LogP contribution in [-0.4, -0.2) is 52.5 Å². The van der Waals surface area contributed by atoms with E-state index in [4.69, 9.17) is 0 Å². The van der Waals surface area contributed by atoms with Gasteiger partial charge in [0.1, 0.15) is 0 Å². The summed E-state index contributed by atoms with van der Waals surface area (Å²) in [7, 11) is -1.46. The topological polar surface area (TPSA) is 70.9 Å². The first-order valence-electron chi connectivity index (χ1n) is 10.1. The van der Waals surface area contributed by atoms with Gasteiger partial charge in [-0.25, -0.2) is 13.1 Å². The smallest absolute Gasteiger partial charge is 0.241 e. The second-order valence-electron chi connectivity index (χ2n) is 7.74. The lowest BCUT2D eigenvalue weighted by Crippen LogP contribution is -3.12. The van der Waals surface area contributed by atoms with Crippen LogP contribution in [0.1, 0.15) is 30.5 Å². The predicted molar refractivity (Wildman–Crippen MR) is 113 cm³/mol. The second kappa shape index (κ2) is 9.52. The molecular weight excluding hydrogens is 386 g/mol. The zero-order valence-electron chi connectivity index (χ0n) is 17.1. The van der Waals surface area contributed by atoms with Crippen LogP contribution >= 0.6 is 0 Å². The molecule has 0 saturated carbocycles. The summed E-state index contributed by atoms with van der Waals surface area (Å²) < 4.78 is 28.0. The van der Waals surface area contributed by atoms with Crippen LogP contribution in [0, 0.1) is 0 Å². The molecule has 1 amide bonds. The fourth-order valence-electron chi connectivity index (χ4n) is 3.49. The summed E-state index contributed by atoms with van der Waals surface area (Å²) in [6.45, 7) is 5.44. The van der Waals surface area contributed by atoms with Gasteiger partial charge >= 0.3 is 0 Å². The van der Waals surface area contributed by atoms with Crippen LogP contribution in [0.4, 0.5) is 0 Å². The van der Waals surface area contributed by atoms with Gasteiger partial charge < -0.3 is 9.80 Å². The van der Waals surface area contributed by atoms with Gasteiger partial charge in [-0.2, -0.15) is 0 Å². The van der Waals surface area contributed by atoms with Gasteiger partial charge in [0.25, 0.3) is 0 Å². The maximum absolute atomic E-state index is 12.7. The quantitative estimate of drug-likeness (QED) is 0.708. The SMILES string of the molecule is C[C@H](NS(=O)(=O)c1ccc(CCC(=O)N2CC[NH+](C)CC2)cc1)c1ccccc1. The first kappa shape index (κ1) is 21.5. The van der Waals surface area contributed by atoms with Gasteiger partial charge in [0, 0.05) is 12.5 Å². The first-order valence-corrected chi connectivity index (χ1v) is 11.6. The minimum absolute atomic E-state index is 0.174. The third-order valence-corrected chi connectivity index (χ3v) is 7.02. The van der Waals surface area contributed by atoms with Crippen molar-refractivity contribution in [2.45, 2.75) is 30.7 Å². The molecule has 1 atom stereocenters. The van der Waals surface area contributed by atoms with Gasteiger partial charge in [0.15, 0.2) is 0 Å². The molecule has 0 aromatic heterocycles. The van der Waals surface area contributed by atoms with Gasteiger partial charge in [0.05, 0.1) is 38.1 Å². The van der Waals surface area contributed by atoms with E-state index in [1.165, 1.54) is 4.90 Å². The van der Waals surface area contributed by atoms with E-state index >= 15 is 0 Å². The Morgan fingerprint density at radius 2 is 1.69 bits per heavy atom. The van der Waals surface area contributed by atoms with Crippen LogP contribution in [0.5, 0.6) is 0 Å². The average Bonchev–Trinajstić information content (AvgIpc) is 2.73. The summed E-state index contributed by atoms with van der Waals surface area (Å²) >= 11 is 0. The van der Waals surface area contributed by atoms with Crippen molar-refractivity contribution in [3.05, 3.63) is 65.7 Å². The minimum Gasteiger partial charge on any atom is -0.334 e. The lowest BCUT2D eigenvalue weighted by Gasteiger charge is -2.30. The van der Waals surface area contributed by atoms with Crippen molar-refractivity contribution < 1.29 is 18.1 Å². The van der Waals surface area contributed by atoms with Crippen molar-refractivity contribution >= 4 is 15.9 Å². The Hall–Kier alpha value is -2.22. The van der Waals surface area contributed by atoms with E-state index in [0.717, 1.165) is 37.3 Å². The number of nitrogens with one attached hydrogen (secondary N) is 2. The molecule has 2 aromatic rings. The Labute approximate surface area is 173 Å². The number of benzene rings is 2. The average molecular weight is 417 g/mol. The number of nitrogens with zero attached hydrogens (tertiary/aromatic N) is 1. The maximum Gasteiger partial charge on any atom is 0.241 e. The standard InChI is InChI=1S/C22H29N3O3S/c1-18(20-6-4-3-5-7-20)23-29(27,28)21-11-8-19(9-12-21)10-13-22(26)25-16-14-24(2)15-17-25/h3-9,11-12,18,23H,10,13-17H2,1-2H3/p+1/t18-/m0/s1. The number of carbonyl (C=O) groups is 1. The number of likely N-dealkylation sites (N-methyl/N-ethyl adjacent to an activating group) is 1. The Kier molecular flexibility index (Phi) is 7.05. The molecule has 0 radical (unpaired) electrons. The van der Waals surface area contributed by atoms with E-state index in [9.17, 15) is 13.2 Å². The van der Waals surface area contributed by atoms with Crippen molar-refractivity contribution in [1.29, 1.82) is 0 Å². The van der Waals surface area contributed by atoms with E-state index < -0.39 is 10.0 Å². The highest BCUT2D eigenvalue weighted by molar-refractivity contribution is 7.89. The fourth-order valence-corrected chi connectivity index (χ4v) is 4.73. The molecule has 156 valence electrons. The number of amides is 1. The molecule has 1 aliphatic rings. The molecule has 0 unspecified atom stereocenters. The van der Waals surface area contributed by atoms with E-state index in [-0.39, 0.29) is 16.8 Å². The summed E-state index contributed by atoms with van der Waals surface area (Å²) in [4.78, 5) is 16.0. The van der Waals surface area contributed by atoms with Gasteiger partial charge in [0.2, 0.25) is 15.9 Å². The summed E-state index contributed by atoms with van der Waals surface area (Å²) in [5.41, 5.74) is 1.88. The molecule has 2 aromatic carbocycles. The number of aryl methyl sites for hydroxylation is 1. The molecule has 0 aliphatic carbocycles. The number of piperazine rings is 1. The Morgan fingerprint density at radius 1 is 1.07 bits per heavy atom. The molecule has 6 nitrogen and oxygen atoms in total. The normalized spacial score (nSPS) is 16.6. The lowest BCUT2D eigenvalue weighted by molar-refractivity contribution is -0.883. The predicted octanol–water partition coefficient (Wildman–Crippen LogP) is 1.02. The molecule has 29 heavy (non-hydrogen) atoms. The second-order valence-corrected chi connectivity index (χ2v) is 9.45. The molecule has 1 fully saturated rings. The number of carbonyl (C=O) groups excluding carboxylic acids is 1. The van der Waals surface area contributed by atoms with Crippen LogP contribution in [0.3, 0.4) is 0 Å².